The van der Waals surface area contributed by atoms with Crippen LogP contribution >= 0.6 is 22.9 Å². The molecule has 0 fully saturated rings. The Balaban J connectivity index is 2.02. The van der Waals surface area contributed by atoms with Gasteiger partial charge in [-0.1, -0.05) is 11.6 Å². The topological polar surface area (TPSA) is 60.5 Å². The number of fused-ring (bicyclic) bond motifs is 1. The minimum Gasteiger partial charge on any atom is -0.382 e. The number of nitrogens with one attached hydrogen (secondary N) is 1. The highest BCUT2D eigenvalue weighted by Crippen LogP contribution is 2.32. The van der Waals surface area contributed by atoms with Gasteiger partial charge < -0.3 is 14.8 Å². The van der Waals surface area contributed by atoms with Crippen LogP contribution in [-0.4, -0.2) is 37.8 Å². The van der Waals surface area contributed by atoms with Crippen LogP contribution in [-0.2, 0) is 14.3 Å². The summed E-state index contributed by atoms with van der Waals surface area (Å²) in [6.07, 6.45) is 0. The van der Waals surface area contributed by atoms with Gasteiger partial charge in [0, 0.05) is 7.11 Å². The van der Waals surface area contributed by atoms with Crippen LogP contribution in [0, 0.1) is 0 Å². The second-order valence-electron chi connectivity index (χ2n) is 3.72. The minimum absolute atomic E-state index is 0.0415. The lowest BCUT2D eigenvalue weighted by Gasteiger charge is -2.08. The van der Waals surface area contributed by atoms with Crippen LogP contribution in [0.1, 0.15) is 0 Å². The van der Waals surface area contributed by atoms with Gasteiger partial charge in [0.15, 0.2) is 0 Å². The van der Waals surface area contributed by atoms with E-state index in [0.29, 0.717) is 29.4 Å². The highest BCUT2D eigenvalue weighted by Gasteiger charge is 2.11. The predicted molar refractivity (Wildman–Crippen MR) is 76.0 cm³/mol. The number of aromatic nitrogens is 1. The lowest BCUT2D eigenvalue weighted by molar-refractivity contribution is -0.121. The molecule has 2 aromatic rings. The van der Waals surface area contributed by atoms with Crippen LogP contribution in [0.2, 0.25) is 5.02 Å². The minimum atomic E-state index is -0.265. The van der Waals surface area contributed by atoms with Crippen LogP contribution in [0.4, 0.5) is 5.69 Å². The molecule has 0 atom stereocenters. The molecule has 0 radical (unpaired) electrons. The second kappa shape index (κ2) is 6.81. The molecule has 0 bridgehead atoms. The van der Waals surface area contributed by atoms with Gasteiger partial charge in [-0.15, -0.1) is 11.3 Å². The number of benzene rings is 1. The van der Waals surface area contributed by atoms with Gasteiger partial charge >= 0.3 is 0 Å². The Morgan fingerprint density at radius 1 is 1.47 bits per heavy atom. The van der Waals surface area contributed by atoms with Crippen LogP contribution in [0.25, 0.3) is 10.2 Å². The van der Waals surface area contributed by atoms with Gasteiger partial charge in [-0.2, -0.15) is 0 Å². The number of carbonyl (C=O) groups is 1. The van der Waals surface area contributed by atoms with Crippen molar-refractivity contribution in [3.05, 3.63) is 22.7 Å². The number of thiazole rings is 1. The molecule has 0 aliphatic carbocycles. The standard InChI is InChI=1S/C12H13ClN2O3S/c1-17-4-5-18-6-10(16)15-11-8(13)2-3-9-12(11)14-7-19-9/h2-3,7H,4-6H2,1H3,(H,15,16). The molecule has 2 rings (SSSR count). The molecule has 0 saturated heterocycles. The van der Waals surface area contributed by atoms with Crippen molar-refractivity contribution in [2.24, 2.45) is 0 Å². The van der Waals surface area contributed by atoms with Gasteiger partial charge in [0.1, 0.15) is 12.1 Å². The average molecular weight is 301 g/mol. The van der Waals surface area contributed by atoms with Gasteiger partial charge in [-0.25, -0.2) is 4.98 Å². The molecular formula is C12H13ClN2O3S. The van der Waals surface area contributed by atoms with Crippen molar-refractivity contribution >= 4 is 44.7 Å². The second-order valence-corrected chi connectivity index (χ2v) is 5.01. The first-order valence-electron chi connectivity index (χ1n) is 5.60. The number of methoxy groups -OCH3 is 1. The third-order valence-electron chi connectivity index (χ3n) is 2.38. The fraction of sp³-hybridized carbons (Fsp3) is 0.333. The number of nitrogens with zero attached hydrogens (tertiary/aromatic N) is 1. The lowest BCUT2D eigenvalue weighted by atomic mass is 10.3. The van der Waals surface area contributed by atoms with Crippen molar-refractivity contribution in [2.75, 3.05) is 32.2 Å². The summed E-state index contributed by atoms with van der Waals surface area (Å²) in [4.78, 5) is 15.9. The normalized spacial score (nSPS) is 10.8. The SMILES string of the molecule is COCCOCC(=O)Nc1c(Cl)ccc2scnc12. The number of rotatable bonds is 6. The summed E-state index contributed by atoms with van der Waals surface area (Å²) in [7, 11) is 1.58. The molecule has 102 valence electrons. The van der Waals surface area contributed by atoms with E-state index in [1.54, 1.807) is 18.7 Å². The zero-order chi connectivity index (χ0) is 13.7. The number of halogens is 1. The summed E-state index contributed by atoms with van der Waals surface area (Å²) >= 11 is 7.57. The van der Waals surface area contributed by atoms with Crippen molar-refractivity contribution < 1.29 is 14.3 Å². The number of ether oxygens (including phenoxy) is 2. The highest BCUT2D eigenvalue weighted by molar-refractivity contribution is 7.16. The molecule has 0 spiro atoms. The molecule has 0 saturated carbocycles. The maximum Gasteiger partial charge on any atom is 0.250 e. The van der Waals surface area contributed by atoms with Gasteiger partial charge in [-0.05, 0) is 12.1 Å². The van der Waals surface area contributed by atoms with E-state index in [0.717, 1.165) is 4.70 Å². The molecule has 1 heterocycles. The maximum absolute atomic E-state index is 11.7. The molecule has 0 aliphatic heterocycles. The molecule has 0 aliphatic rings. The van der Waals surface area contributed by atoms with E-state index in [2.05, 4.69) is 10.3 Å². The molecule has 7 heteroatoms. The summed E-state index contributed by atoms with van der Waals surface area (Å²) in [5, 5.41) is 3.19. The Labute approximate surface area is 119 Å². The summed E-state index contributed by atoms with van der Waals surface area (Å²) in [5.74, 6) is -0.265. The zero-order valence-corrected chi connectivity index (χ0v) is 11.9. The van der Waals surface area contributed by atoms with Crippen molar-refractivity contribution in [1.29, 1.82) is 0 Å². The maximum atomic E-state index is 11.7. The zero-order valence-electron chi connectivity index (χ0n) is 10.3. The molecule has 1 aromatic heterocycles. The van der Waals surface area contributed by atoms with E-state index in [1.807, 2.05) is 6.07 Å². The smallest absolute Gasteiger partial charge is 0.250 e. The lowest BCUT2D eigenvalue weighted by Crippen LogP contribution is -2.20. The van der Waals surface area contributed by atoms with Gasteiger partial charge in [0.05, 0.1) is 34.1 Å². The first-order valence-corrected chi connectivity index (χ1v) is 6.86. The third-order valence-corrected chi connectivity index (χ3v) is 3.49. The number of hydrogen-bond donors (Lipinski definition) is 1. The van der Waals surface area contributed by atoms with Crippen molar-refractivity contribution in [1.82, 2.24) is 4.98 Å². The van der Waals surface area contributed by atoms with E-state index < -0.39 is 0 Å². The summed E-state index contributed by atoms with van der Waals surface area (Å²) < 4.78 is 10.9. The molecule has 1 amide bonds. The van der Waals surface area contributed by atoms with E-state index in [1.165, 1.54) is 11.3 Å². The van der Waals surface area contributed by atoms with E-state index >= 15 is 0 Å². The number of hydrogen-bond acceptors (Lipinski definition) is 5. The summed E-state index contributed by atoms with van der Waals surface area (Å²) in [5.41, 5.74) is 2.94. The Morgan fingerprint density at radius 3 is 3.11 bits per heavy atom. The molecule has 5 nitrogen and oxygen atoms in total. The first kappa shape index (κ1) is 14.2. The number of carbonyl (C=O) groups excluding carboxylic acids is 1. The van der Waals surface area contributed by atoms with Crippen LogP contribution in [0.5, 0.6) is 0 Å². The van der Waals surface area contributed by atoms with Crippen molar-refractivity contribution in [2.45, 2.75) is 0 Å². The van der Waals surface area contributed by atoms with Gasteiger partial charge in [0.2, 0.25) is 5.91 Å². The fourth-order valence-electron chi connectivity index (χ4n) is 1.51. The van der Waals surface area contributed by atoms with Crippen LogP contribution < -0.4 is 5.32 Å². The van der Waals surface area contributed by atoms with Gasteiger partial charge in [-0.3, -0.25) is 4.79 Å². The first-order chi connectivity index (χ1) is 9.22. The Hall–Kier alpha value is -1.21. The van der Waals surface area contributed by atoms with E-state index in [9.17, 15) is 4.79 Å². The average Bonchev–Trinajstić information content (AvgIpc) is 2.87. The quantitative estimate of drug-likeness (QED) is 0.833. The Kier molecular flexibility index (Phi) is 5.09. The molecule has 0 unspecified atom stereocenters. The Bertz CT molecular complexity index is 573. The Morgan fingerprint density at radius 2 is 2.32 bits per heavy atom. The molecular weight excluding hydrogens is 288 g/mol. The van der Waals surface area contributed by atoms with Crippen LogP contribution in [0.3, 0.4) is 0 Å². The summed E-state index contributed by atoms with van der Waals surface area (Å²) in [6, 6.07) is 3.61. The molecule has 19 heavy (non-hydrogen) atoms. The largest absolute Gasteiger partial charge is 0.382 e. The summed E-state index contributed by atoms with van der Waals surface area (Å²) in [6.45, 7) is 0.786. The van der Waals surface area contributed by atoms with Gasteiger partial charge in [0.25, 0.3) is 0 Å². The third kappa shape index (κ3) is 3.63. The molecule has 1 aromatic carbocycles. The molecule has 1 N–H and O–H groups in total. The van der Waals surface area contributed by atoms with Crippen LogP contribution in [0.15, 0.2) is 17.6 Å². The predicted octanol–water partition coefficient (Wildman–Crippen LogP) is 2.55. The van der Waals surface area contributed by atoms with Crippen molar-refractivity contribution in [3.8, 4) is 0 Å². The fourth-order valence-corrected chi connectivity index (χ4v) is 2.39. The van der Waals surface area contributed by atoms with E-state index in [-0.39, 0.29) is 12.5 Å². The highest BCUT2D eigenvalue weighted by atomic mass is 35.5. The monoisotopic (exact) mass is 300 g/mol. The van der Waals surface area contributed by atoms with Crippen molar-refractivity contribution in [3.63, 3.8) is 0 Å². The number of anilines is 1. The number of amides is 1. The van der Waals surface area contributed by atoms with E-state index in [4.69, 9.17) is 21.1 Å².